The van der Waals surface area contributed by atoms with E-state index in [-0.39, 0.29) is 5.76 Å². The fraction of sp³-hybridized carbons (Fsp3) is 0.391. The number of carbonyl (C=O) groups excluding carboxylic acids is 2. The van der Waals surface area contributed by atoms with Gasteiger partial charge in [0, 0.05) is 12.1 Å². The Morgan fingerprint density at radius 3 is 2.29 bits per heavy atom. The Balaban J connectivity index is 1.84. The Morgan fingerprint density at radius 2 is 1.71 bits per heavy atom. The van der Waals surface area contributed by atoms with E-state index in [1.807, 2.05) is 0 Å². The first-order valence-corrected chi connectivity index (χ1v) is 10.5. The van der Waals surface area contributed by atoms with Crippen molar-refractivity contribution in [3.8, 4) is 17.1 Å². The lowest BCUT2D eigenvalue weighted by molar-refractivity contribution is -0.145. The van der Waals surface area contributed by atoms with E-state index >= 15 is 0 Å². The van der Waals surface area contributed by atoms with Crippen molar-refractivity contribution in [2.24, 2.45) is 0 Å². The molecule has 2 amide bonds. The number of carbonyl (C=O) groups is 4. The summed E-state index contributed by atoms with van der Waals surface area (Å²) in [6.45, 7) is 6.14. The number of rotatable bonds is 11. The van der Waals surface area contributed by atoms with E-state index in [1.54, 1.807) is 51.1 Å². The highest BCUT2D eigenvalue weighted by Gasteiger charge is 2.25. The summed E-state index contributed by atoms with van der Waals surface area (Å²) in [7, 11) is 0. The largest absolute Gasteiger partial charge is 0.494 e. The number of ether oxygens (including phenoxy) is 2. The Bertz CT molecular complexity index is 1010. The lowest BCUT2D eigenvalue weighted by Gasteiger charge is -2.19. The molecule has 34 heavy (non-hydrogen) atoms. The van der Waals surface area contributed by atoms with Crippen molar-refractivity contribution in [2.45, 2.75) is 45.3 Å². The van der Waals surface area contributed by atoms with E-state index in [9.17, 15) is 19.2 Å². The van der Waals surface area contributed by atoms with Crippen LogP contribution in [0, 0.1) is 0 Å². The quantitative estimate of drug-likeness (QED) is 0.357. The van der Waals surface area contributed by atoms with Gasteiger partial charge in [-0.3, -0.25) is 9.59 Å². The van der Waals surface area contributed by atoms with Crippen LogP contribution in [0.15, 0.2) is 40.8 Å². The molecule has 2 aromatic rings. The molecular weight excluding hydrogens is 448 g/mol. The minimum absolute atomic E-state index is 0.149. The average Bonchev–Trinajstić information content (AvgIpc) is 3.22. The Kier molecular flexibility index (Phi) is 9.05. The van der Waals surface area contributed by atoms with Gasteiger partial charge in [0.25, 0.3) is 5.91 Å². The second kappa shape index (κ2) is 11.7. The maximum Gasteiger partial charge on any atom is 0.407 e. The topological polar surface area (TPSA) is 164 Å². The molecule has 1 aromatic heterocycles. The monoisotopic (exact) mass is 476 g/mol. The van der Waals surface area contributed by atoms with E-state index in [0.29, 0.717) is 36.6 Å². The number of carboxylic acids is 2. The molecule has 0 unspecified atom stereocenters. The van der Waals surface area contributed by atoms with Crippen LogP contribution in [-0.2, 0) is 14.3 Å². The van der Waals surface area contributed by atoms with Gasteiger partial charge in [0.05, 0.1) is 13.0 Å². The molecule has 184 valence electrons. The van der Waals surface area contributed by atoms with Crippen molar-refractivity contribution in [1.29, 1.82) is 0 Å². The van der Waals surface area contributed by atoms with E-state index < -0.39 is 42.0 Å². The van der Waals surface area contributed by atoms with Crippen molar-refractivity contribution >= 4 is 23.9 Å². The SMILES string of the molecule is CC(C)(C)OC(=O)NCCCOc1ccc(-c2ccc(C(=O)N[C@@H](CC(=O)O)C(=O)O)o2)cc1. The van der Waals surface area contributed by atoms with Gasteiger partial charge >= 0.3 is 18.0 Å². The average molecular weight is 476 g/mol. The molecule has 0 spiro atoms. The van der Waals surface area contributed by atoms with Crippen LogP contribution in [-0.4, -0.2) is 58.9 Å². The first kappa shape index (κ1) is 26.2. The van der Waals surface area contributed by atoms with Crippen molar-refractivity contribution in [3.63, 3.8) is 0 Å². The number of nitrogens with one attached hydrogen (secondary N) is 2. The van der Waals surface area contributed by atoms with Crippen molar-refractivity contribution < 1.29 is 43.3 Å². The van der Waals surface area contributed by atoms with Gasteiger partial charge in [0.2, 0.25) is 0 Å². The van der Waals surface area contributed by atoms with Crippen molar-refractivity contribution in [3.05, 3.63) is 42.2 Å². The van der Waals surface area contributed by atoms with Crippen LogP contribution in [0.25, 0.3) is 11.3 Å². The smallest absolute Gasteiger partial charge is 0.407 e. The second-order valence-corrected chi connectivity index (χ2v) is 8.28. The number of furan rings is 1. The van der Waals surface area contributed by atoms with Gasteiger partial charge in [-0.1, -0.05) is 0 Å². The van der Waals surface area contributed by atoms with Gasteiger partial charge in [-0.2, -0.15) is 0 Å². The van der Waals surface area contributed by atoms with Gasteiger partial charge in [-0.25, -0.2) is 9.59 Å². The molecule has 1 aromatic carbocycles. The Hall–Kier alpha value is -4.02. The van der Waals surface area contributed by atoms with Gasteiger partial charge in [0.15, 0.2) is 5.76 Å². The van der Waals surface area contributed by atoms with Crippen LogP contribution < -0.4 is 15.4 Å². The first-order valence-electron chi connectivity index (χ1n) is 10.5. The lowest BCUT2D eigenvalue weighted by atomic mass is 10.2. The zero-order valence-corrected chi connectivity index (χ0v) is 19.1. The van der Waals surface area contributed by atoms with Gasteiger partial charge < -0.3 is 34.7 Å². The number of alkyl carbamates (subject to hydrolysis) is 1. The van der Waals surface area contributed by atoms with Crippen LogP contribution >= 0.6 is 0 Å². The van der Waals surface area contributed by atoms with Crippen LogP contribution in [0.2, 0.25) is 0 Å². The predicted molar refractivity (Wildman–Crippen MR) is 120 cm³/mol. The number of carboxylic acid groups (broad SMARTS) is 2. The van der Waals surface area contributed by atoms with Crippen LogP contribution in [0.4, 0.5) is 4.79 Å². The third kappa shape index (κ3) is 8.85. The summed E-state index contributed by atoms with van der Waals surface area (Å²) in [5, 5.41) is 22.6. The molecule has 0 saturated heterocycles. The molecule has 1 heterocycles. The predicted octanol–water partition coefficient (Wildman–Crippen LogP) is 2.90. The highest BCUT2D eigenvalue weighted by Crippen LogP contribution is 2.24. The summed E-state index contributed by atoms with van der Waals surface area (Å²) in [5.74, 6) is -2.83. The van der Waals surface area contributed by atoms with Crippen molar-refractivity contribution in [2.75, 3.05) is 13.2 Å². The zero-order chi connectivity index (χ0) is 25.3. The third-order valence-corrected chi connectivity index (χ3v) is 4.21. The van der Waals surface area contributed by atoms with Crippen LogP contribution in [0.1, 0.15) is 44.2 Å². The first-order chi connectivity index (χ1) is 15.9. The molecule has 2 rings (SSSR count). The molecule has 1 atom stereocenters. The fourth-order valence-corrected chi connectivity index (χ4v) is 2.70. The normalized spacial score (nSPS) is 11.9. The highest BCUT2D eigenvalue weighted by atomic mass is 16.6. The maximum atomic E-state index is 12.2. The number of hydrogen-bond donors (Lipinski definition) is 4. The number of benzene rings is 1. The Morgan fingerprint density at radius 1 is 1.03 bits per heavy atom. The summed E-state index contributed by atoms with van der Waals surface area (Å²) in [5.41, 5.74) is 0.0978. The van der Waals surface area contributed by atoms with Gasteiger partial charge in [-0.05, 0) is 63.6 Å². The Labute approximate surface area is 196 Å². The maximum absolute atomic E-state index is 12.2. The van der Waals surface area contributed by atoms with Crippen LogP contribution in [0.5, 0.6) is 5.75 Å². The molecule has 0 aliphatic carbocycles. The summed E-state index contributed by atoms with van der Waals surface area (Å²) >= 11 is 0. The molecule has 11 nitrogen and oxygen atoms in total. The number of aliphatic carboxylic acids is 2. The van der Waals surface area contributed by atoms with E-state index in [2.05, 4.69) is 10.6 Å². The highest BCUT2D eigenvalue weighted by molar-refractivity contribution is 5.95. The summed E-state index contributed by atoms with van der Waals surface area (Å²) in [6, 6.07) is 8.21. The van der Waals surface area contributed by atoms with Crippen LogP contribution in [0.3, 0.4) is 0 Å². The number of amides is 2. The molecule has 4 N–H and O–H groups in total. The molecule has 0 aliphatic rings. The summed E-state index contributed by atoms with van der Waals surface area (Å²) in [6.07, 6.45) is -0.659. The minimum atomic E-state index is -1.57. The van der Waals surface area contributed by atoms with E-state index in [0.717, 1.165) is 0 Å². The third-order valence-electron chi connectivity index (χ3n) is 4.21. The molecule has 0 fully saturated rings. The molecule has 0 bridgehead atoms. The van der Waals surface area contributed by atoms with Crippen molar-refractivity contribution in [1.82, 2.24) is 10.6 Å². The molecule has 0 saturated carbocycles. The fourth-order valence-electron chi connectivity index (χ4n) is 2.70. The standard InChI is InChI=1S/C23H28N2O9/c1-23(2,3)34-22(31)24-11-4-12-32-15-7-5-14(6-8-15)17-9-10-18(33-17)20(28)25-16(21(29)30)13-19(26)27/h5-10,16H,4,11-13H2,1-3H3,(H,24,31)(H,25,28)(H,26,27)(H,29,30)/t16-/m0/s1. The molecular formula is C23H28N2O9. The lowest BCUT2D eigenvalue weighted by Crippen LogP contribution is -2.42. The number of hydrogen-bond acceptors (Lipinski definition) is 7. The van der Waals surface area contributed by atoms with Gasteiger partial charge in [-0.15, -0.1) is 0 Å². The summed E-state index contributed by atoms with van der Waals surface area (Å²) in [4.78, 5) is 45.6. The second-order valence-electron chi connectivity index (χ2n) is 8.28. The molecule has 11 heteroatoms. The molecule has 0 radical (unpaired) electrons. The van der Waals surface area contributed by atoms with E-state index in [4.69, 9.17) is 24.1 Å². The zero-order valence-electron chi connectivity index (χ0n) is 19.1. The van der Waals surface area contributed by atoms with Gasteiger partial charge in [0.1, 0.15) is 23.2 Å². The van der Waals surface area contributed by atoms with E-state index in [1.165, 1.54) is 6.07 Å². The minimum Gasteiger partial charge on any atom is -0.494 e. The summed E-state index contributed by atoms with van der Waals surface area (Å²) < 4.78 is 16.3. The molecule has 0 aliphatic heterocycles.